The van der Waals surface area contributed by atoms with Gasteiger partial charge in [-0.25, -0.2) is 4.98 Å². The maximum Gasteiger partial charge on any atom is 0.316 e. The molecule has 1 aliphatic heterocycles. The molecule has 9 heteroatoms. The van der Waals surface area contributed by atoms with Crippen molar-refractivity contribution in [3.05, 3.63) is 45.1 Å². The number of esters is 1. The molecule has 0 saturated heterocycles. The van der Waals surface area contributed by atoms with E-state index < -0.39 is 0 Å². The van der Waals surface area contributed by atoms with E-state index in [1.54, 1.807) is 11.7 Å². The largest absolute Gasteiger partial charge is 0.497 e. The van der Waals surface area contributed by atoms with E-state index in [4.69, 9.17) is 19.2 Å². The van der Waals surface area contributed by atoms with E-state index in [0.717, 1.165) is 29.7 Å². The van der Waals surface area contributed by atoms with Gasteiger partial charge < -0.3 is 14.2 Å². The predicted molar refractivity (Wildman–Crippen MR) is 136 cm³/mol. The molecular formula is C25H30N2O5S2. The molecule has 3 aromatic rings. The number of ether oxygens (including phenoxy) is 3. The Kier molecular flexibility index (Phi) is 7.64. The first kappa shape index (κ1) is 24.8. The molecule has 0 bridgehead atoms. The van der Waals surface area contributed by atoms with Gasteiger partial charge in [0.25, 0.3) is 5.56 Å². The quantitative estimate of drug-likeness (QED) is 0.174. The number of rotatable bonds is 9. The average Bonchev–Trinajstić information content (AvgIpc) is 3.17. The maximum absolute atomic E-state index is 13.9. The zero-order valence-corrected chi connectivity index (χ0v) is 21.6. The molecule has 0 spiro atoms. The zero-order chi connectivity index (χ0) is 24.3. The van der Waals surface area contributed by atoms with E-state index in [1.165, 1.54) is 23.1 Å². The Balaban J connectivity index is 1.73. The summed E-state index contributed by atoms with van der Waals surface area (Å²) in [7, 11) is 1.60. The van der Waals surface area contributed by atoms with Crippen molar-refractivity contribution in [3.8, 4) is 11.4 Å². The van der Waals surface area contributed by atoms with Crippen molar-refractivity contribution in [1.82, 2.24) is 9.55 Å². The molecule has 0 fully saturated rings. The van der Waals surface area contributed by atoms with Crippen LogP contribution in [0.1, 0.15) is 50.5 Å². The van der Waals surface area contributed by atoms with Crippen LogP contribution in [0, 0.1) is 0 Å². The number of benzene rings is 1. The highest BCUT2D eigenvalue weighted by molar-refractivity contribution is 7.99. The Morgan fingerprint density at radius 1 is 1.26 bits per heavy atom. The highest BCUT2D eigenvalue weighted by atomic mass is 32.2. The Morgan fingerprint density at radius 2 is 2.03 bits per heavy atom. The molecule has 0 N–H and O–H groups in total. The van der Waals surface area contributed by atoms with Crippen LogP contribution >= 0.6 is 23.1 Å². The van der Waals surface area contributed by atoms with Crippen LogP contribution in [0.5, 0.6) is 5.75 Å². The lowest BCUT2D eigenvalue weighted by atomic mass is 9.94. The zero-order valence-electron chi connectivity index (χ0n) is 20.0. The molecule has 34 heavy (non-hydrogen) atoms. The second kappa shape index (κ2) is 10.5. The third-order valence-corrected chi connectivity index (χ3v) is 7.75. The van der Waals surface area contributed by atoms with E-state index in [1.807, 2.05) is 38.1 Å². The Morgan fingerprint density at radius 3 is 2.74 bits per heavy atom. The van der Waals surface area contributed by atoms with Crippen molar-refractivity contribution >= 4 is 39.3 Å². The lowest BCUT2D eigenvalue weighted by molar-refractivity contribution is -0.140. The molecule has 0 radical (unpaired) electrons. The summed E-state index contributed by atoms with van der Waals surface area (Å²) in [5, 5.41) is 1.10. The topological polar surface area (TPSA) is 79.7 Å². The summed E-state index contributed by atoms with van der Waals surface area (Å²) in [5.74, 6) is 0.474. The Hall–Kier alpha value is -2.36. The van der Waals surface area contributed by atoms with Gasteiger partial charge in [-0.2, -0.15) is 0 Å². The van der Waals surface area contributed by atoms with E-state index in [0.29, 0.717) is 46.4 Å². The molecular weight excluding hydrogens is 472 g/mol. The van der Waals surface area contributed by atoms with Crippen molar-refractivity contribution in [2.75, 3.05) is 19.5 Å². The van der Waals surface area contributed by atoms with Crippen LogP contribution in [0.2, 0.25) is 0 Å². The number of carbonyl (C=O) groups excluding carboxylic acids is 1. The van der Waals surface area contributed by atoms with Crippen molar-refractivity contribution in [1.29, 1.82) is 0 Å². The standard InChI is InChI=1S/C25H30N2O5S2/c1-5-6-7-12-31-20(28)15-33-24-26-22-21(18-13-25(2,3)32-14-19(18)34-22)23(29)27(24)16-8-10-17(30-4)11-9-16/h8-11H,5-7,12-15H2,1-4H3. The monoisotopic (exact) mass is 502 g/mol. The molecule has 7 nitrogen and oxygen atoms in total. The number of fused-ring (bicyclic) bond motifs is 3. The Labute approximate surface area is 207 Å². The molecule has 4 rings (SSSR count). The van der Waals surface area contributed by atoms with Gasteiger partial charge >= 0.3 is 5.97 Å². The van der Waals surface area contributed by atoms with Crippen molar-refractivity contribution < 1.29 is 19.0 Å². The summed E-state index contributed by atoms with van der Waals surface area (Å²) in [5.41, 5.74) is 1.21. The van der Waals surface area contributed by atoms with Gasteiger partial charge in [0.15, 0.2) is 5.16 Å². The molecule has 0 saturated carbocycles. The number of nitrogens with zero attached hydrogens (tertiary/aromatic N) is 2. The summed E-state index contributed by atoms with van der Waals surface area (Å²) in [6, 6.07) is 7.27. The molecule has 0 amide bonds. The molecule has 0 unspecified atom stereocenters. The minimum Gasteiger partial charge on any atom is -0.497 e. The van der Waals surface area contributed by atoms with Gasteiger partial charge in [0, 0.05) is 11.3 Å². The van der Waals surface area contributed by atoms with Crippen molar-refractivity contribution in [3.63, 3.8) is 0 Å². The SMILES string of the molecule is CCCCCOC(=O)CSc1nc2sc3c(c2c(=O)n1-c1ccc(OC)cc1)CC(C)(C)OC3. The van der Waals surface area contributed by atoms with Crippen molar-refractivity contribution in [2.24, 2.45) is 0 Å². The summed E-state index contributed by atoms with van der Waals surface area (Å²) in [6.07, 6.45) is 3.60. The lowest BCUT2D eigenvalue weighted by Crippen LogP contribution is -2.32. The van der Waals surface area contributed by atoms with Crippen LogP contribution in [0.25, 0.3) is 15.9 Å². The highest BCUT2D eigenvalue weighted by Gasteiger charge is 2.31. The lowest BCUT2D eigenvalue weighted by Gasteiger charge is -2.29. The molecule has 0 aliphatic carbocycles. The van der Waals surface area contributed by atoms with Gasteiger partial charge in [-0.05, 0) is 50.1 Å². The molecule has 1 aliphatic rings. The first-order valence-electron chi connectivity index (χ1n) is 11.5. The number of thiophene rings is 1. The van der Waals surface area contributed by atoms with Gasteiger partial charge in [-0.1, -0.05) is 31.5 Å². The van der Waals surface area contributed by atoms with Gasteiger partial charge in [0.2, 0.25) is 0 Å². The smallest absolute Gasteiger partial charge is 0.316 e. The van der Waals surface area contributed by atoms with Crippen LogP contribution in [0.4, 0.5) is 0 Å². The number of carbonyl (C=O) groups is 1. The number of hydrogen-bond acceptors (Lipinski definition) is 8. The molecule has 2 aromatic heterocycles. The molecule has 1 aromatic carbocycles. The normalized spacial score (nSPS) is 14.7. The summed E-state index contributed by atoms with van der Waals surface area (Å²) in [6.45, 7) is 7.06. The number of unbranched alkanes of at least 4 members (excludes halogenated alkanes) is 2. The fraction of sp³-hybridized carbons (Fsp3) is 0.480. The minimum atomic E-state index is -0.340. The molecule has 3 heterocycles. The number of hydrogen-bond donors (Lipinski definition) is 0. The van der Waals surface area contributed by atoms with E-state index in [9.17, 15) is 9.59 Å². The third kappa shape index (κ3) is 5.31. The highest BCUT2D eigenvalue weighted by Crippen LogP contribution is 2.38. The van der Waals surface area contributed by atoms with Crippen LogP contribution < -0.4 is 10.3 Å². The average molecular weight is 503 g/mol. The Bertz CT molecular complexity index is 1230. The first-order valence-corrected chi connectivity index (χ1v) is 13.3. The number of thioether (sulfide) groups is 1. The van der Waals surface area contributed by atoms with Gasteiger partial charge in [0.05, 0.1) is 42.8 Å². The van der Waals surface area contributed by atoms with Crippen LogP contribution in [0.3, 0.4) is 0 Å². The van der Waals surface area contributed by atoms with E-state index >= 15 is 0 Å². The van der Waals surface area contributed by atoms with E-state index in [2.05, 4.69) is 6.92 Å². The second-order valence-electron chi connectivity index (χ2n) is 8.86. The van der Waals surface area contributed by atoms with E-state index in [-0.39, 0.29) is 22.9 Å². The molecule has 0 atom stereocenters. The van der Waals surface area contributed by atoms with Gasteiger partial charge in [0.1, 0.15) is 10.6 Å². The summed E-state index contributed by atoms with van der Waals surface area (Å²) < 4.78 is 18.2. The van der Waals surface area contributed by atoms with Crippen molar-refractivity contribution in [2.45, 2.75) is 63.8 Å². The second-order valence-corrected chi connectivity index (χ2v) is 10.9. The van der Waals surface area contributed by atoms with Crippen LogP contribution in [-0.2, 0) is 27.3 Å². The van der Waals surface area contributed by atoms with Crippen LogP contribution in [-0.4, -0.2) is 40.6 Å². The fourth-order valence-electron chi connectivity index (χ4n) is 3.93. The van der Waals surface area contributed by atoms with Gasteiger partial charge in [-0.15, -0.1) is 11.3 Å². The van der Waals surface area contributed by atoms with Crippen LogP contribution in [0.15, 0.2) is 34.2 Å². The number of aromatic nitrogens is 2. The fourth-order valence-corrected chi connectivity index (χ4v) is 5.89. The molecule has 182 valence electrons. The van der Waals surface area contributed by atoms with Gasteiger partial charge in [-0.3, -0.25) is 14.2 Å². The number of methoxy groups -OCH3 is 1. The maximum atomic E-state index is 13.9. The summed E-state index contributed by atoms with van der Waals surface area (Å²) >= 11 is 2.71. The first-order chi connectivity index (χ1) is 16.3. The summed E-state index contributed by atoms with van der Waals surface area (Å²) in [4.78, 5) is 32.7. The third-order valence-electron chi connectivity index (χ3n) is 5.73. The minimum absolute atomic E-state index is 0.0848. The predicted octanol–water partition coefficient (Wildman–Crippen LogP) is 5.13.